The quantitative estimate of drug-likeness (QED) is 0.651. The van der Waals surface area contributed by atoms with Crippen molar-refractivity contribution in [2.24, 2.45) is 5.92 Å². The molecule has 6 nitrogen and oxygen atoms in total. The highest BCUT2D eigenvalue weighted by Gasteiger charge is 2.25. The number of fused-ring (bicyclic) bond motifs is 1. The standard InChI is InChI=1S/C19H22N4O2S/c1-21-18-14(20)8-13(10-22-18)15-3-2-12-9-16(26-19(12)23-15)17(24)11-4-6-25-7-5-11/h2-3,8-11,17,24H,4-7,20H2,1H3,(H,21,22). The molecule has 1 atom stereocenters. The van der Waals surface area contributed by atoms with Gasteiger partial charge in [0.15, 0.2) is 0 Å². The molecule has 7 heteroatoms. The number of nitrogen functional groups attached to an aromatic ring is 1. The number of thiophene rings is 1. The van der Waals surface area contributed by atoms with Crippen molar-refractivity contribution in [1.29, 1.82) is 0 Å². The van der Waals surface area contributed by atoms with Crippen LogP contribution in [0.1, 0.15) is 23.8 Å². The second-order valence-electron chi connectivity index (χ2n) is 6.55. The van der Waals surface area contributed by atoms with Gasteiger partial charge in [-0.1, -0.05) is 0 Å². The molecule has 0 saturated carbocycles. The average molecular weight is 370 g/mol. The van der Waals surface area contributed by atoms with Gasteiger partial charge in [-0.05, 0) is 43.0 Å². The van der Waals surface area contributed by atoms with E-state index in [1.54, 1.807) is 24.6 Å². The first-order valence-electron chi connectivity index (χ1n) is 8.75. The van der Waals surface area contributed by atoms with Crippen molar-refractivity contribution < 1.29 is 9.84 Å². The number of pyridine rings is 2. The van der Waals surface area contributed by atoms with Crippen LogP contribution >= 0.6 is 11.3 Å². The molecule has 0 radical (unpaired) electrons. The Hall–Kier alpha value is -2.22. The van der Waals surface area contributed by atoms with Gasteiger partial charge in [-0.2, -0.15) is 0 Å². The minimum absolute atomic E-state index is 0.259. The summed E-state index contributed by atoms with van der Waals surface area (Å²) in [7, 11) is 1.79. The molecule has 0 aromatic carbocycles. The molecule has 1 unspecified atom stereocenters. The average Bonchev–Trinajstić information content (AvgIpc) is 3.11. The highest BCUT2D eigenvalue weighted by molar-refractivity contribution is 7.18. The normalized spacial score (nSPS) is 16.7. The summed E-state index contributed by atoms with van der Waals surface area (Å²) in [4.78, 5) is 11.0. The van der Waals surface area contributed by atoms with E-state index in [4.69, 9.17) is 15.5 Å². The maximum atomic E-state index is 10.7. The van der Waals surface area contributed by atoms with E-state index in [2.05, 4.69) is 10.3 Å². The molecule has 0 spiro atoms. The fraction of sp³-hybridized carbons (Fsp3) is 0.368. The fourth-order valence-corrected chi connectivity index (χ4v) is 4.45. The van der Waals surface area contributed by atoms with Crippen LogP contribution in [0.4, 0.5) is 11.5 Å². The Bertz CT molecular complexity index is 921. The number of ether oxygens (including phenoxy) is 1. The van der Waals surface area contributed by atoms with Crippen LogP contribution in [0.15, 0.2) is 30.5 Å². The zero-order valence-electron chi connectivity index (χ0n) is 14.6. The smallest absolute Gasteiger partial charge is 0.148 e. The molecule has 0 bridgehead atoms. The molecule has 4 rings (SSSR count). The minimum Gasteiger partial charge on any atom is -0.396 e. The molecule has 3 aromatic rings. The van der Waals surface area contributed by atoms with Crippen LogP contribution in [0, 0.1) is 5.92 Å². The van der Waals surface area contributed by atoms with Crippen molar-refractivity contribution in [2.75, 3.05) is 31.3 Å². The third-order valence-corrected chi connectivity index (χ3v) is 5.97. The zero-order chi connectivity index (χ0) is 18.1. The first kappa shape index (κ1) is 17.2. The first-order valence-corrected chi connectivity index (χ1v) is 9.57. The summed E-state index contributed by atoms with van der Waals surface area (Å²) in [5.74, 6) is 0.919. The third kappa shape index (κ3) is 3.25. The van der Waals surface area contributed by atoms with Crippen molar-refractivity contribution >= 4 is 33.1 Å². The Morgan fingerprint density at radius 2 is 2.12 bits per heavy atom. The van der Waals surface area contributed by atoms with Crippen molar-refractivity contribution in [1.82, 2.24) is 9.97 Å². The molecule has 0 aliphatic carbocycles. The van der Waals surface area contributed by atoms with Crippen molar-refractivity contribution in [3.8, 4) is 11.3 Å². The number of nitrogens with zero attached hydrogens (tertiary/aromatic N) is 2. The Morgan fingerprint density at radius 3 is 2.85 bits per heavy atom. The zero-order valence-corrected chi connectivity index (χ0v) is 15.4. The van der Waals surface area contributed by atoms with E-state index in [1.165, 1.54) is 0 Å². The Kier molecular flexibility index (Phi) is 4.76. The Morgan fingerprint density at radius 1 is 1.31 bits per heavy atom. The minimum atomic E-state index is -0.450. The van der Waals surface area contributed by atoms with Crippen LogP contribution < -0.4 is 11.1 Å². The van der Waals surface area contributed by atoms with Gasteiger partial charge in [0.1, 0.15) is 10.6 Å². The van der Waals surface area contributed by atoms with E-state index < -0.39 is 6.10 Å². The molecule has 1 fully saturated rings. The summed E-state index contributed by atoms with van der Waals surface area (Å²) in [6.07, 6.45) is 3.11. The van der Waals surface area contributed by atoms with E-state index in [-0.39, 0.29) is 5.92 Å². The fourth-order valence-electron chi connectivity index (χ4n) is 3.34. The molecule has 1 aliphatic heterocycles. The lowest BCUT2D eigenvalue weighted by molar-refractivity contribution is 0.00856. The van der Waals surface area contributed by atoms with E-state index >= 15 is 0 Å². The van der Waals surface area contributed by atoms with Crippen LogP contribution in [0.5, 0.6) is 0 Å². The van der Waals surface area contributed by atoms with Crippen molar-refractivity contribution in [3.05, 3.63) is 35.3 Å². The first-order chi connectivity index (χ1) is 12.7. The summed E-state index contributed by atoms with van der Waals surface area (Å²) in [6.45, 7) is 1.46. The molecule has 4 heterocycles. The number of aliphatic hydroxyl groups excluding tert-OH is 1. The SMILES string of the molecule is CNc1ncc(-c2ccc3cc(C(O)C4CCOCC4)sc3n2)cc1N. The van der Waals surface area contributed by atoms with Gasteiger partial charge in [0.25, 0.3) is 0 Å². The molecule has 26 heavy (non-hydrogen) atoms. The second kappa shape index (κ2) is 7.19. The van der Waals surface area contributed by atoms with Gasteiger partial charge in [-0.15, -0.1) is 11.3 Å². The molecule has 4 N–H and O–H groups in total. The maximum absolute atomic E-state index is 10.7. The van der Waals surface area contributed by atoms with Gasteiger partial charge >= 0.3 is 0 Å². The molecule has 136 valence electrons. The summed E-state index contributed by atoms with van der Waals surface area (Å²) in [5.41, 5.74) is 8.31. The predicted octanol–water partition coefficient (Wildman–Crippen LogP) is 3.44. The third-order valence-electron chi connectivity index (χ3n) is 4.86. The molecular formula is C19H22N4O2S. The number of hydrogen-bond acceptors (Lipinski definition) is 7. The lowest BCUT2D eigenvalue weighted by Crippen LogP contribution is -2.21. The van der Waals surface area contributed by atoms with Gasteiger partial charge in [0.05, 0.1) is 17.5 Å². The molecule has 1 aliphatic rings. The number of nitrogens with two attached hydrogens (primary N) is 1. The lowest BCUT2D eigenvalue weighted by atomic mass is 9.93. The Labute approximate surface area is 156 Å². The van der Waals surface area contributed by atoms with Gasteiger partial charge in [-0.25, -0.2) is 9.97 Å². The highest BCUT2D eigenvalue weighted by Crippen LogP contribution is 2.37. The second-order valence-corrected chi connectivity index (χ2v) is 7.61. The van der Waals surface area contributed by atoms with E-state index in [0.29, 0.717) is 11.5 Å². The molecule has 1 saturated heterocycles. The number of rotatable bonds is 4. The molecular weight excluding hydrogens is 348 g/mol. The number of aromatic nitrogens is 2. The predicted molar refractivity (Wildman–Crippen MR) is 105 cm³/mol. The van der Waals surface area contributed by atoms with E-state index in [9.17, 15) is 5.11 Å². The highest BCUT2D eigenvalue weighted by atomic mass is 32.1. The summed E-state index contributed by atoms with van der Waals surface area (Å²) in [6, 6.07) is 7.93. The molecule has 3 aromatic heterocycles. The van der Waals surface area contributed by atoms with Gasteiger partial charge in [-0.3, -0.25) is 0 Å². The maximum Gasteiger partial charge on any atom is 0.148 e. The number of hydrogen-bond donors (Lipinski definition) is 3. The molecule has 0 amide bonds. The van der Waals surface area contributed by atoms with Crippen LogP contribution in [0.3, 0.4) is 0 Å². The van der Waals surface area contributed by atoms with Gasteiger partial charge in [0.2, 0.25) is 0 Å². The summed E-state index contributed by atoms with van der Waals surface area (Å²) >= 11 is 1.55. The largest absolute Gasteiger partial charge is 0.396 e. The number of aliphatic hydroxyl groups is 1. The Balaban J connectivity index is 1.64. The number of anilines is 2. The lowest BCUT2D eigenvalue weighted by Gasteiger charge is -2.25. The van der Waals surface area contributed by atoms with Crippen molar-refractivity contribution in [2.45, 2.75) is 18.9 Å². The topological polar surface area (TPSA) is 93.3 Å². The van der Waals surface area contributed by atoms with Crippen LogP contribution in [-0.4, -0.2) is 35.3 Å². The van der Waals surface area contributed by atoms with Gasteiger partial charge in [0, 0.05) is 42.3 Å². The van der Waals surface area contributed by atoms with Crippen LogP contribution in [0.25, 0.3) is 21.5 Å². The van der Waals surface area contributed by atoms with Gasteiger partial charge < -0.3 is 20.9 Å². The van der Waals surface area contributed by atoms with Crippen LogP contribution in [-0.2, 0) is 4.74 Å². The number of nitrogens with one attached hydrogen (secondary N) is 1. The van der Waals surface area contributed by atoms with E-state index in [0.717, 1.165) is 52.4 Å². The van der Waals surface area contributed by atoms with Crippen molar-refractivity contribution in [3.63, 3.8) is 0 Å². The van der Waals surface area contributed by atoms with E-state index in [1.807, 2.05) is 24.3 Å². The summed E-state index contributed by atoms with van der Waals surface area (Å²) in [5, 5.41) is 14.7. The summed E-state index contributed by atoms with van der Waals surface area (Å²) < 4.78 is 5.39. The van der Waals surface area contributed by atoms with Crippen LogP contribution in [0.2, 0.25) is 0 Å². The monoisotopic (exact) mass is 370 g/mol.